The number of rotatable bonds is 23. The fourth-order valence-corrected chi connectivity index (χ4v) is 10.1. The number of aliphatic carboxylic acids is 2. The Morgan fingerprint density at radius 3 is 1.80 bits per heavy atom. The molecule has 332 valence electrons. The molecule has 2 aliphatic heterocycles. The van der Waals surface area contributed by atoms with Crippen LogP contribution in [0.2, 0.25) is 0 Å². The fourth-order valence-electron chi connectivity index (χ4n) is 9.75. The van der Waals surface area contributed by atoms with Crippen molar-refractivity contribution in [2.24, 2.45) is 0 Å². The average Bonchev–Trinajstić information content (AvgIpc) is 3.64. The molecule has 0 atom stereocenters. The molecule has 0 unspecified atom stereocenters. The van der Waals surface area contributed by atoms with Gasteiger partial charge in [-0.1, -0.05) is 51.4 Å². The average molecular weight is 861 g/mol. The summed E-state index contributed by atoms with van der Waals surface area (Å²) in [6.07, 6.45) is 15.9. The highest BCUT2D eigenvalue weighted by atomic mass is 35.5. The maximum Gasteiger partial charge on any atom is 0.303 e. The van der Waals surface area contributed by atoms with E-state index in [-0.39, 0.29) is 23.7 Å². The number of hydrogen-bond acceptors (Lipinski definition) is 7. The van der Waals surface area contributed by atoms with E-state index in [0.717, 1.165) is 107 Å². The van der Waals surface area contributed by atoms with E-state index in [0.29, 0.717) is 63.9 Å². The Bertz CT molecular complexity index is 2070. The van der Waals surface area contributed by atoms with E-state index in [1.807, 2.05) is 27.7 Å². The molecule has 11 heteroatoms. The Morgan fingerprint density at radius 1 is 0.705 bits per heavy atom. The van der Waals surface area contributed by atoms with Gasteiger partial charge in [-0.3, -0.25) is 9.59 Å². The Labute approximate surface area is 368 Å². The van der Waals surface area contributed by atoms with Gasteiger partial charge in [-0.2, -0.15) is 4.58 Å². The van der Waals surface area contributed by atoms with Crippen LogP contribution in [-0.4, -0.2) is 72.0 Å². The molecule has 1 aliphatic carbocycles. The van der Waals surface area contributed by atoms with Crippen molar-refractivity contribution in [2.45, 2.75) is 137 Å². The summed E-state index contributed by atoms with van der Waals surface area (Å²) in [6, 6.07) is 8.41. The zero-order chi connectivity index (χ0) is 44.3. The number of carboxylic acids is 2. The van der Waals surface area contributed by atoms with Crippen molar-refractivity contribution in [3.63, 3.8) is 0 Å². The molecule has 0 saturated heterocycles. The Morgan fingerprint density at radius 2 is 1.25 bits per heavy atom. The molecule has 2 N–H and O–H groups in total. The lowest BCUT2D eigenvalue weighted by molar-refractivity contribution is -0.438. The van der Waals surface area contributed by atoms with E-state index in [1.54, 1.807) is 0 Å². The van der Waals surface area contributed by atoms with Gasteiger partial charge in [0, 0.05) is 58.9 Å². The molecule has 0 spiro atoms. The molecule has 61 heavy (non-hydrogen) atoms. The minimum absolute atomic E-state index is 0.0742. The van der Waals surface area contributed by atoms with Gasteiger partial charge < -0.3 is 34.1 Å². The van der Waals surface area contributed by atoms with Gasteiger partial charge >= 0.3 is 11.9 Å². The first-order valence-electron chi connectivity index (χ1n) is 22.7. The summed E-state index contributed by atoms with van der Waals surface area (Å²) in [5, 5.41) is 19.9. The summed E-state index contributed by atoms with van der Waals surface area (Å²) >= 11 is 7.41. The summed E-state index contributed by atoms with van der Waals surface area (Å²) in [4.78, 5) is 25.7. The van der Waals surface area contributed by atoms with Crippen molar-refractivity contribution in [3.8, 4) is 23.0 Å². The van der Waals surface area contributed by atoms with E-state index in [2.05, 4.69) is 85.7 Å². The predicted octanol–water partition coefficient (Wildman–Crippen LogP) is 11.8. The zero-order valence-electron chi connectivity index (χ0n) is 37.8. The maximum absolute atomic E-state index is 11.7. The lowest BCUT2D eigenvalue weighted by atomic mass is 9.73. The zero-order valence-corrected chi connectivity index (χ0v) is 38.5. The molecule has 3 aliphatic rings. The quantitative estimate of drug-likeness (QED) is 0.105. The molecule has 0 amide bonds. The first-order chi connectivity index (χ1) is 29.4. The number of anilines is 1. The largest absolute Gasteiger partial charge is 0.490 e. The van der Waals surface area contributed by atoms with Gasteiger partial charge in [-0.25, -0.2) is 0 Å². The van der Waals surface area contributed by atoms with Crippen molar-refractivity contribution in [2.75, 3.05) is 44.4 Å². The third-order valence-electron chi connectivity index (χ3n) is 12.8. The van der Waals surface area contributed by atoms with E-state index >= 15 is 0 Å². The van der Waals surface area contributed by atoms with Crippen LogP contribution in [0.1, 0.15) is 137 Å². The van der Waals surface area contributed by atoms with Crippen molar-refractivity contribution < 1.29 is 43.3 Å². The van der Waals surface area contributed by atoms with E-state index in [9.17, 15) is 19.8 Å². The third kappa shape index (κ3) is 9.69. The normalized spacial score (nSPS) is 18.0. The molecule has 0 aromatic heterocycles. The second kappa shape index (κ2) is 21.4. The van der Waals surface area contributed by atoms with Gasteiger partial charge in [-0.15, -0.1) is 0 Å². The summed E-state index contributed by atoms with van der Waals surface area (Å²) in [5.74, 6) is 1.19. The SMILES string of the molecule is CCOc1cc2c(cc1OCC)C(CC)(CC)C(=CC=C1CCCC(C=CC3=[N+](CCCC(=O)O)c4cc(OCC)c(OCC)cc4C3(CC)CC)=C1Cl)N2CCCC(=O)O. The number of carboxylic acid groups (broad SMARTS) is 2. The summed E-state index contributed by atoms with van der Waals surface area (Å²) < 4.78 is 26.7. The van der Waals surface area contributed by atoms with Gasteiger partial charge in [-0.05, 0) is 114 Å². The monoisotopic (exact) mass is 859 g/mol. The number of ether oxygens (including phenoxy) is 4. The van der Waals surface area contributed by atoms with Gasteiger partial charge in [0.05, 0.1) is 44.3 Å². The Balaban J connectivity index is 1.62. The number of hydrogen-bond donors (Lipinski definition) is 2. The van der Waals surface area contributed by atoms with Gasteiger partial charge in [0.1, 0.15) is 6.54 Å². The molecule has 2 aromatic carbocycles. The molecule has 0 saturated carbocycles. The molecule has 0 bridgehead atoms. The summed E-state index contributed by atoms with van der Waals surface area (Å²) in [5.41, 5.74) is 8.10. The molecule has 10 nitrogen and oxygen atoms in total. The van der Waals surface area contributed by atoms with E-state index in [1.165, 1.54) is 0 Å². The van der Waals surface area contributed by atoms with Crippen LogP contribution >= 0.6 is 11.6 Å². The van der Waals surface area contributed by atoms with Gasteiger partial charge in [0.15, 0.2) is 28.7 Å². The molecule has 0 radical (unpaired) electrons. The van der Waals surface area contributed by atoms with Crippen LogP contribution in [-0.2, 0) is 20.4 Å². The van der Waals surface area contributed by atoms with E-state index in [4.69, 9.17) is 30.5 Å². The molecule has 5 rings (SSSR count). The number of halogens is 1. The summed E-state index contributed by atoms with van der Waals surface area (Å²) in [6.45, 7) is 19.9. The second-order valence-electron chi connectivity index (χ2n) is 15.9. The molecule has 2 aromatic rings. The van der Waals surface area contributed by atoms with Crippen molar-refractivity contribution >= 4 is 40.6 Å². The summed E-state index contributed by atoms with van der Waals surface area (Å²) in [7, 11) is 0. The molecule has 0 fully saturated rings. The Kier molecular flexibility index (Phi) is 16.6. The molecule has 2 heterocycles. The maximum atomic E-state index is 11.7. The number of nitrogens with zero attached hydrogens (tertiary/aromatic N) is 2. The second-order valence-corrected chi connectivity index (χ2v) is 16.3. The standard InChI is InChI=1S/C50H67ClN2O8/c1-9-49(10-2)36-30-40(58-13-5)42(60-15-7)32-38(36)52(28-18-22-46(54)55)44(49)26-24-34-20-17-21-35(48(34)51)25-27-45-50(11-3,12-4)37-31-41(59-14-6)43(61-16-8)33-39(37)53(45)29-19-23-47(56)57/h24-27,30-33H,9-23,28-29H2,1-8H3,(H-,54,55,56,57)/p+1. The first kappa shape index (κ1) is 47.4. The smallest absolute Gasteiger partial charge is 0.303 e. The third-order valence-corrected chi connectivity index (χ3v) is 13.3. The molecular weight excluding hydrogens is 792 g/mol. The fraction of sp³-hybridized carbons (Fsp3) is 0.540. The minimum atomic E-state index is -0.811. The van der Waals surface area contributed by atoms with Crippen LogP contribution in [0.5, 0.6) is 23.0 Å². The van der Waals surface area contributed by atoms with Crippen LogP contribution in [0.25, 0.3) is 0 Å². The molecular formula is C50H68ClN2O8+. The minimum Gasteiger partial charge on any atom is -0.490 e. The van der Waals surface area contributed by atoms with Crippen LogP contribution in [0, 0.1) is 0 Å². The first-order valence-corrected chi connectivity index (χ1v) is 23.0. The number of fused-ring (bicyclic) bond motifs is 2. The highest BCUT2D eigenvalue weighted by Gasteiger charge is 2.50. The van der Waals surface area contributed by atoms with Gasteiger partial charge in [0.25, 0.3) is 0 Å². The van der Waals surface area contributed by atoms with Crippen molar-refractivity contribution in [3.05, 3.63) is 81.6 Å². The highest BCUT2D eigenvalue weighted by Crippen LogP contribution is 2.55. The lowest BCUT2D eigenvalue weighted by Gasteiger charge is -2.32. The van der Waals surface area contributed by atoms with Crippen molar-refractivity contribution in [1.29, 1.82) is 0 Å². The number of carbonyl (C=O) groups is 2. The van der Waals surface area contributed by atoms with Crippen LogP contribution in [0.4, 0.5) is 11.4 Å². The van der Waals surface area contributed by atoms with Crippen molar-refractivity contribution in [1.82, 2.24) is 0 Å². The lowest BCUT2D eigenvalue weighted by Crippen LogP contribution is -2.33. The van der Waals surface area contributed by atoms with E-state index < -0.39 is 11.9 Å². The topological polar surface area (TPSA) is 118 Å². The Hall–Kier alpha value is -4.70. The highest BCUT2D eigenvalue weighted by molar-refractivity contribution is 6.32. The van der Waals surface area contributed by atoms with Gasteiger partial charge in [0.2, 0.25) is 5.69 Å². The number of benzene rings is 2. The predicted molar refractivity (Wildman–Crippen MR) is 245 cm³/mol. The van der Waals surface area contributed by atoms with Crippen LogP contribution < -0.4 is 23.8 Å². The number of allylic oxidation sites excluding steroid dienone is 8. The van der Waals surface area contributed by atoms with Crippen LogP contribution in [0.15, 0.2) is 70.4 Å². The van der Waals surface area contributed by atoms with Crippen LogP contribution in [0.3, 0.4) is 0 Å².